The Kier molecular flexibility index (Phi) is 1.33. The lowest BCUT2D eigenvalue weighted by molar-refractivity contribution is 0.930. The highest BCUT2D eigenvalue weighted by Gasteiger charge is 2.21. The maximum Gasteiger partial charge on any atom is 0.309 e. The molecular weight excluding hydrogens is 140 g/mol. The van der Waals surface area contributed by atoms with Crippen LogP contribution < -0.4 is 4.90 Å². The predicted molar refractivity (Wildman–Crippen MR) is 42.8 cm³/mol. The van der Waals surface area contributed by atoms with Crippen LogP contribution in [0.15, 0.2) is 23.6 Å². The van der Waals surface area contributed by atoms with Gasteiger partial charge in [-0.25, -0.2) is 4.99 Å². The Balaban J connectivity index is 2.36. The first-order valence-electron chi connectivity index (χ1n) is 3.36. The van der Waals surface area contributed by atoms with Gasteiger partial charge in [0.05, 0.1) is 11.8 Å². The molecule has 0 aromatic carbocycles. The maximum absolute atomic E-state index is 4.06. The maximum atomic E-state index is 4.06. The van der Waals surface area contributed by atoms with E-state index in [4.69, 9.17) is 0 Å². The average molecular weight is 148 g/mol. The van der Waals surface area contributed by atoms with Crippen LogP contribution in [0.3, 0.4) is 0 Å². The summed E-state index contributed by atoms with van der Waals surface area (Å²) in [4.78, 5) is 5.80. The number of nitrogens with zero attached hydrogens (tertiary/aromatic N) is 3. The molecule has 1 aliphatic rings. The number of H-pyrrole nitrogens is 1. The normalized spacial score (nSPS) is 16.5. The van der Waals surface area contributed by atoms with Gasteiger partial charge in [0.15, 0.2) is 6.20 Å². The molecule has 0 atom stereocenters. The minimum absolute atomic E-state index is 0.905. The molecule has 1 aromatic heterocycles. The molecule has 0 unspecified atom stereocenters. The van der Waals surface area contributed by atoms with E-state index in [-0.39, 0.29) is 0 Å². The number of hydrogen-bond acceptors (Lipinski definition) is 3. The molecule has 0 saturated heterocycles. The Morgan fingerprint density at radius 2 is 2.45 bits per heavy atom. The van der Waals surface area contributed by atoms with Crippen molar-refractivity contribution in [2.24, 2.45) is 4.99 Å². The van der Waals surface area contributed by atoms with E-state index in [9.17, 15) is 0 Å². The van der Waals surface area contributed by atoms with Gasteiger partial charge >= 0.3 is 5.82 Å². The highest BCUT2D eigenvalue weighted by molar-refractivity contribution is 5.72. The number of anilines is 1. The fraction of sp³-hybridized carbons (Fsp3) is 0.143. The summed E-state index contributed by atoms with van der Waals surface area (Å²) in [5, 5.41) is 6.84. The monoisotopic (exact) mass is 148 g/mol. The van der Waals surface area contributed by atoms with Gasteiger partial charge in [0.25, 0.3) is 6.34 Å². The van der Waals surface area contributed by atoms with E-state index < -0.39 is 0 Å². The summed E-state index contributed by atoms with van der Waals surface area (Å²) in [5.41, 5.74) is 1.11. The molecule has 11 heavy (non-hydrogen) atoms. The van der Waals surface area contributed by atoms with E-state index in [0.717, 1.165) is 11.4 Å². The van der Waals surface area contributed by atoms with E-state index in [1.54, 1.807) is 12.5 Å². The van der Waals surface area contributed by atoms with Crippen LogP contribution in [0, 0.1) is 6.92 Å². The van der Waals surface area contributed by atoms with Crippen molar-refractivity contribution in [2.45, 2.75) is 6.92 Å². The van der Waals surface area contributed by atoms with Crippen molar-refractivity contribution in [2.75, 3.05) is 0 Å². The van der Waals surface area contributed by atoms with Crippen molar-refractivity contribution in [1.82, 2.24) is 15.1 Å². The minimum Gasteiger partial charge on any atom is -0.280 e. The average Bonchev–Trinajstić information content (AvgIpc) is 2.55. The fourth-order valence-corrected chi connectivity index (χ4v) is 0.989. The van der Waals surface area contributed by atoms with Crippen LogP contribution in [-0.2, 0) is 0 Å². The molecule has 0 bridgehead atoms. The predicted octanol–water partition coefficient (Wildman–Crippen LogP) is 1.00. The molecule has 0 amide bonds. The van der Waals surface area contributed by atoms with Gasteiger partial charge in [-0.2, -0.15) is 0 Å². The van der Waals surface area contributed by atoms with Crippen LogP contribution in [0.5, 0.6) is 0 Å². The Bertz CT molecular complexity index is 298. The standard InChI is InChI=1S/C7H8N4/c1-6-4-9-10-7(6)11-3-2-8-5-11/h2-5H,1H3,(H,9,10)/q+1. The SMILES string of the molecule is Cc1c[nH]nc1[N+]1C=CN=C1. The van der Waals surface area contributed by atoms with E-state index in [2.05, 4.69) is 15.2 Å². The number of aromatic nitrogens is 2. The first kappa shape index (κ1) is 6.30. The number of aliphatic imine (C=N–C) groups is 1. The van der Waals surface area contributed by atoms with Crippen LogP contribution in [0.4, 0.5) is 5.82 Å². The van der Waals surface area contributed by atoms with Crippen LogP contribution in [0.2, 0.25) is 0 Å². The molecule has 2 heterocycles. The quantitative estimate of drug-likeness (QED) is 0.593. The van der Waals surface area contributed by atoms with Gasteiger partial charge in [0.2, 0.25) is 0 Å². The van der Waals surface area contributed by atoms with E-state index in [0.29, 0.717) is 0 Å². The third-order valence-corrected chi connectivity index (χ3v) is 1.55. The van der Waals surface area contributed by atoms with E-state index >= 15 is 0 Å². The van der Waals surface area contributed by atoms with Crippen LogP contribution >= 0.6 is 0 Å². The second-order valence-electron chi connectivity index (χ2n) is 2.36. The highest BCUT2D eigenvalue weighted by atomic mass is 15.3. The van der Waals surface area contributed by atoms with Crippen molar-refractivity contribution in [3.8, 4) is 0 Å². The van der Waals surface area contributed by atoms with Gasteiger partial charge in [0.1, 0.15) is 0 Å². The molecule has 2 rings (SSSR count). The molecule has 1 radical (unpaired) electrons. The second kappa shape index (κ2) is 2.32. The lowest BCUT2D eigenvalue weighted by atomic mass is 10.4. The molecule has 0 fully saturated rings. The molecule has 0 saturated carbocycles. The number of nitrogens with one attached hydrogen (secondary N) is 1. The molecule has 0 aliphatic carbocycles. The van der Waals surface area contributed by atoms with Crippen molar-refractivity contribution in [1.29, 1.82) is 0 Å². The first-order valence-corrected chi connectivity index (χ1v) is 3.36. The largest absolute Gasteiger partial charge is 0.309 e. The topological polar surface area (TPSA) is 46.9 Å². The van der Waals surface area contributed by atoms with Gasteiger partial charge in [0, 0.05) is 6.20 Å². The summed E-state index contributed by atoms with van der Waals surface area (Å²) in [6, 6.07) is 0. The van der Waals surface area contributed by atoms with Crippen LogP contribution in [0.1, 0.15) is 5.56 Å². The lowest BCUT2D eigenvalue weighted by Gasteiger charge is -1.90. The summed E-state index contributed by atoms with van der Waals surface area (Å²) < 4.78 is 0. The summed E-state index contributed by atoms with van der Waals surface area (Å²) in [6.07, 6.45) is 7.18. The zero-order valence-electron chi connectivity index (χ0n) is 6.15. The third kappa shape index (κ3) is 0.969. The van der Waals surface area contributed by atoms with Gasteiger partial charge in [-0.05, 0) is 11.8 Å². The van der Waals surface area contributed by atoms with Gasteiger partial charge in [-0.15, -0.1) is 5.10 Å². The molecule has 4 heteroatoms. The van der Waals surface area contributed by atoms with Crippen LogP contribution in [0.25, 0.3) is 0 Å². The Morgan fingerprint density at radius 3 is 3.00 bits per heavy atom. The molecule has 1 N–H and O–H groups in total. The molecule has 4 nitrogen and oxygen atoms in total. The number of hydrogen-bond donors (Lipinski definition) is 1. The lowest BCUT2D eigenvalue weighted by Crippen LogP contribution is -2.12. The first-order chi connectivity index (χ1) is 5.38. The summed E-state index contributed by atoms with van der Waals surface area (Å²) in [6.45, 7) is 2.00. The summed E-state index contributed by atoms with van der Waals surface area (Å²) >= 11 is 0. The minimum atomic E-state index is 0.905. The van der Waals surface area contributed by atoms with E-state index in [1.165, 1.54) is 0 Å². The van der Waals surface area contributed by atoms with E-state index in [1.807, 2.05) is 24.2 Å². The number of aryl methyl sites for hydroxylation is 1. The molecule has 1 aliphatic heterocycles. The molecule has 0 spiro atoms. The van der Waals surface area contributed by atoms with Gasteiger partial charge in [-0.1, -0.05) is 0 Å². The van der Waals surface area contributed by atoms with Crippen molar-refractivity contribution in [3.05, 3.63) is 24.2 Å². The number of rotatable bonds is 1. The Hall–Kier alpha value is -1.42. The highest BCUT2D eigenvalue weighted by Crippen LogP contribution is 2.15. The summed E-state index contributed by atoms with van der Waals surface area (Å²) in [7, 11) is 0. The van der Waals surface area contributed by atoms with Gasteiger partial charge in [-0.3, -0.25) is 5.10 Å². The second-order valence-corrected chi connectivity index (χ2v) is 2.36. The molecule has 55 valence electrons. The van der Waals surface area contributed by atoms with Crippen molar-refractivity contribution >= 4 is 12.2 Å². The third-order valence-electron chi connectivity index (χ3n) is 1.55. The van der Waals surface area contributed by atoms with Crippen molar-refractivity contribution < 1.29 is 0 Å². The van der Waals surface area contributed by atoms with Gasteiger partial charge < -0.3 is 0 Å². The smallest absolute Gasteiger partial charge is 0.280 e. The Morgan fingerprint density at radius 1 is 1.55 bits per heavy atom. The Labute approximate surface area is 64.2 Å². The van der Waals surface area contributed by atoms with Crippen molar-refractivity contribution in [3.63, 3.8) is 0 Å². The molecular formula is C7H8N4+. The summed E-state index contributed by atoms with van der Waals surface area (Å²) in [5.74, 6) is 0.905. The fourth-order valence-electron chi connectivity index (χ4n) is 0.989. The van der Waals surface area contributed by atoms with Crippen LogP contribution in [-0.4, -0.2) is 16.5 Å². The molecule has 1 aromatic rings. The number of aromatic amines is 1. The zero-order chi connectivity index (χ0) is 7.68. The zero-order valence-corrected chi connectivity index (χ0v) is 6.15.